The zero-order valence-corrected chi connectivity index (χ0v) is 32.8. The molecule has 6 rings (SSSR count). The molecule has 4 aromatic carbocycles. The number of benzene rings is 4. The number of alkyl carbamates (subject to hydrolysis) is 2. The van der Waals surface area contributed by atoms with Crippen LogP contribution in [0.2, 0.25) is 0 Å². The summed E-state index contributed by atoms with van der Waals surface area (Å²) in [6, 6.07) is 32.4. The molecule has 0 radical (unpaired) electrons. The third kappa shape index (κ3) is 10.7. The Morgan fingerprint density at radius 3 is 1.04 bits per heavy atom. The zero-order chi connectivity index (χ0) is 39.3. The van der Waals surface area contributed by atoms with Crippen LogP contribution in [0.25, 0.3) is 22.3 Å². The van der Waals surface area contributed by atoms with Gasteiger partial charge in [0.25, 0.3) is 20.2 Å². The predicted molar refractivity (Wildman–Crippen MR) is 206 cm³/mol. The Hall–Kier alpha value is -4.76. The van der Waals surface area contributed by atoms with E-state index in [1.54, 1.807) is 27.7 Å². The smallest absolute Gasteiger partial charge is 0.407 e. The Morgan fingerprint density at radius 1 is 0.519 bits per heavy atom. The molecule has 4 aromatic rings. The van der Waals surface area contributed by atoms with Gasteiger partial charge in [0.2, 0.25) is 0 Å². The van der Waals surface area contributed by atoms with Gasteiger partial charge in [-0.15, -0.1) is 0 Å². The number of carbonyl (C=O) groups is 2. The highest BCUT2D eigenvalue weighted by Gasteiger charge is 2.32. The lowest BCUT2D eigenvalue weighted by molar-refractivity contribution is 0.122. The Morgan fingerprint density at radius 2 is 0.778 bits per heavy atom. The molecular formula is C40H46N2O10S2. The van der Waals surface area contributed by atoms with Crippen molar-refractivity contribution < 1.29 is 44.3 Å². The minimum atomic E-state index is -3.58. The topological polar surface area (TPSA) is 163 Å². The van der Waals surface area contributed by atoms with Crippen molar-refractivity contribution in [2.24, 2.45) is 0 Å². The van der Waals surface area contributed by atoms with Crippen LogP contribution in [0, 0.1) is 0 Å². The van der Waals surface area contributed by atoms with Gasteiger partial charge >= 0.3 is 12.2 Å². The van der Waals surface area contributed by atoms with E-state index in [-0.39, 0.29) is 38.3 Å². The maximum Gasteiger partial charge on any atom is 0.407 e. The average molecular weight is 779 g/mol. The fourth-order valence-corrected chi connectivity index (χ4v) is 7.42. The molecule has 0 atom stereocenters. The molecule has 2 N–H and O–H groups in total. The van der Waals surface area contributed by atoms with Gasteiger partial charge in [-0.2, -0.15) is 16.8 Å². The highest BCUT2D eigenvalue weighted by atomic mass is 32.2. The van der Waals surface area contributed by atoms with Gasteiger partial charge in [-0.05, 0) is 72.2 Å². The molecular weight excluding hydrogens is 733 g/mol. The highest BCUT2D eigenvalue weighted by molar-refractivity contribution is 7.86. The first kappa shape index (κ1) is 40.4. The van der Waals surface area contributed by atoms with Crippen LogP contribution < -0.4 is 10.6 Å². The molecule has 0 fully saturated rings. The number of hydrogen-bond acceptors (Lipinski definition) is 10. The molecule has 2 aliphatic rings. The maximum atomic E-state index is 12.2. The quantitative estimate of drug-likeness (QED) is 0.151. The van der Waals surface area contributed by atoms with Crippen molar-refractivity contribution in [1.29, 1.82) is 0 Å². The van der Waals surface area contributed by atoms with Gasteiger partial charge < -0.3 is 20.1 Å². The van der Waals surface area contributed by atoms with Crippen LogP contribution in [0.15, 0.2) is 97.1 Å². The van der Waals surface area contributed by atoms with Crippen LogP contribution in [0.5, 0.6) is 0 Å². The van der Waals surface area contributed by atoms with Crippen LogP contribution in [0.4, 0.5) is 9.59 Å². The fourth-order valence-electron chi connectivity index (χ4n) is 6.40. The maximum absolute atomic E-state index is 12.2. The first-order valence-electron chi connectivity index (χ1n) is 17.3. The first-order chi connectivity index (χ1) is 25.3. The molecule has 2 amide bonds. The largest absolute Gasteiger partial charge is 0.449 e. The second-order valence-electron chi connectivity index (χ2n) is 14.6. The number of nitrogens with one attached hydrogen (secondary N) is 2. The number of fused-ring (bicyclic) bond motifs is 6. The fraction of sp³-hybridized carbons (Fsp3) is 0.350. The van der Waals surface area contributed by atoms with Crippen LogP contribution >= 0.6 is 0 Å². The molecule has 2 aliphatic carbocycles. The van der Waals surface area contributed by atoms with Gasteiger partial charge in [0.1, 0.15) is 13.2 Å². The van der Waals surface area contributed by atoms with Crippen LogP contribution in [-0.2, 0) is 38.1 Å². The third-order valence-corrected chi connectivity index (χ3v) is 9.93. The minimum Gasteiger partial charge on any atom is -0.449 e. The monoisotopic (exact) mass is 778 g/mol. The standard InChI is InChI=1S/2C20H23NO5S/c2*1-20(2,13-26-27(3,23)24)21-19(22)25-12-18-16-10-6-4-8-14(16)15-9-5-7-11-17(15)18/h2*4-11,18H,12-13H2,1-3H3,(H,21,22). The van der Waals surface area contributed by atoms with Crippen LogP contribution in [0.3, 0.4) is 0 Å². The van der Waals surface area contributed by atoms with E-state index >= 15 is 0 Å². The Balaban J connectivity index is 0.000000208. The second-order valence-corrected chi connectivity index (χ2v) is 17.9. The zero-order valence-electron chi connectivity index (χ0n) is 31.1. The third-order valence-electron chi connectivity index (χ3n) is 8.84. The number of amides is 2. The van der Waals surface area contributed by atoms with Crippen LogP contribution in [-0.4, -0.2) is 79.0 Å². The molecule has 0 saturated carbocycles. The summed E-state index contributed by atoms with van der Waals surface area (Å²) in [6.45, 7) is 6.72. The van der Waals surface area contributed by atoms with Crippen LogP contribution in [0.1, 0.15) is 61.8 Å². The van der Waals surface area contributed by atoms with Crippen molar-refractivity contribution in [3.63, 3.8) is 0 Å². The van der Waals surface area contributed by atoms with Gasteiger partial charge in [-0.1, -0.05) is 97.1 Å². The van der Waals surface area contributed by atoms with E-state index in [1.807, 2.05) is 72.8 Å². The van der Waals surface area contributed by atoms with Gasteiger partial charge in [-0.3, -0.25) is 8.37 Å². The van der Waals surface area contributed by atoms with Crippen molar-refractivity contribution >= 4 is 32.4 Å². The Kier molecular flexibility index (Phi) is 12.2. The van der Waals surface area contributed by atoms with Crippen molar-refractivity contribution in [1.82, 2.24) is 10.6 Å². The Labute approximate surface area is 317 Å². The van der Waals surface area contributed by atoms with E-state index < -0.39 is 43.5 Å². The van der Waals surface area contributed by atoms with Gasteiger partial charge in [0.15, 0.2) is 0 Å². The van der Waals surface area contributed by atoms with Crippen molar-refractivity contribution in [2.75, 3.05) is 38.9 Å². The number of carbonyl (C=O) groups excluding carboxylic acids is 2. The molecule has 0 heterocycles. The summed E-state index contributed by atoms with van der Waals surface area (Å²) in [7, 11) is -7.15. The molecule has 0 spiro atoms. The second kappa shape index (κ2) is 16.3. The highest BCUT2D eigenvalue weighted by Crippen LogP contribution is 2.45. The van der Waals surface area contributed by atoms with E-state index in [4.69, 9.17) is 17.8 Å². The lowest BCUT2D eigenvalue weighted by Gasteiger charge is -2.25. The van der Waals surface area contributed by atoms with Crippen molar-refractivity contribution in [3.8, 4) is 22.3 Å². The lowest BCUT2D eigenvalue weighted by atomic mass is 9.98. The number of rotatable bonds is 12. The molecule has 0 unspecified atom stereocenters. The summed E-state index contributed by atoms with van der Waals surface area (Å²) in [5.74, 6) is -0.0583. The Bertz CT molecular complexity index is 1970. The number of ether oxygens (including phenoxy) is 2. The molecule has 14 heteroatoms. The van der Waals surface area contributed by atoms with Crippen molar-refractivity contribution in [2.45, 2.75) is 50.6 Å². The summed E-state index contributed by atoms with van der Waals surface area (Å²) in [6.07, 6.45) is 0.713. The van der Waals surface area contributed by atoms with Crippen molar-refractivity contribution in [3.05, 3.63) is 119 Å². The summed E-state index contributed by atoms with van der Waals surface area (Å²) in [5, 5.41) is 5.30. The first-order valence-corrected chi connectivity index (χ1v) is 20.9. The summed E-state index contributed by atoms with van der Waals surface area (Å²) in [5.41, 5.74) is 7.38. The summed E-state index contributed by atoms with van der Waals surface area (Å²) in [4.78, 5) is 24.5. The van der Waals surface area contributed by atoms with E-state index in [0.717, 1.165) is 57.0 Å². The average Bonchev–Trinajstić information content (AvgIpc) is 3.60. The molecule has 0 aromatic heterocycles. The minimum absolute atomic E-state index is 0.0291. The molecule has 0 bridgehead atoms. The SMILES string of the molecule is CC(C)(COS(C)(=O)=O)NC(=O)OCC1c2ccccc2-c2ccccc21.CC(C)(COS(C)(=O)=O)NC(=O)OCC1c2ccccc2-c2ccccc21. The van der Waals surface area contributed by atoms with Gasteiger partial charge in [0, 0.05) is 11.8 Å². The molecule has 0 saturated heterocycles. The number of hydrogen-bond donors (Lipinski definition) is 2. The lowest BCUT2D eigenvalue weighted by Crippen LogP contribution is -2.47. The van der Waals surface area contributed by atoms with E-state index in [0.29, 0.717) is 0 Å². The summed E-state index contributed by atoms with van der Waals surface area (Å²) >= 11 is 0. The molecule has 54 heavy (non-hydrogen) atoms. The molecule has 12 nitrogen and oxygen atoms in total. The predicted octanol–water partition coefficient (Wildman–Crippen LogP) is 6.56. The van der Waals surface area contributed by atoms with E-state index in [1.165, 1.54) is 0 Å². The van der Waals surface area contributed by atoms with Gasteiger partial charge in [-0.25, -0.2) is 9.59 Å². The summed E-state index contributed by atoms with van der Waals surface area (Å²) < 4.78 is 65.0. The molecule has 288 valence electrons. The van der Waals surface area contributed by atoms with Gasteiger partial charge in [0.05, 0.1) is 36.8 Å². The molecule has 0 aliphatic heterocycles. The van der Waals surface area contributed by atoms with E-state index in [9.17, 15) is 26.4 Å². The van der Waals surface area contributed by atoms with E-state index in [2.05, 4.69) is 34.9 Å². The normalized spacial score (nSPS) is 13.7.